The first-order valence-corrected chi connectivity index (χ1v) is 9.66. The number of carbonyl (C=O) groups is 2. The molecule has 2 heterocycles. The summed E-state index contributed by atoms with van der Waals surface area (Å²) >= 11 is 2.86. The van der Waals surface area contributed by atoms with Crippen molar-refractivity contribution >= 4 is 38.0 Å². The van der Waals surface area contributed by atoms with Gasteiger partial charge in [-0.05, 0) is 12.8 Å². The summed E-state index contributed by atoms with van der Waals surface area (Å²) in [6, 6.07) is 0. The van der Waals surface area contributed by atoms with Gasteiger partial charge in [0, 0.05) is 0 Å². The molecule has 2 bridgehead atoms. The molecule has 1 amide bonds. The van der Waals surface area contributed by atoms with Crippen LogP contribution in [0.1, 0.15) is 25.7 Å². The van der Waals surface area contributed by atoms with Crippen LogP contribution in [-0.4, -0.2) is 59.6 Å². The van der Waals surface area contributed by atoms with Crippen LogP contribution in [0.5, 0.6) is 0 Å². The minimum Gasteiger partial charge on any atom is -0.453 e. The van der Waals surface area contributed by atoms with Crippen molar-refractivity contribution < 1.29 is 40.7 Å². The second-order valence-electron chi connectivity index (χ2n) is 6.06. The Bertz CT molecular complexity index is 708. The quantitative estimate of drug-likeness (QED) is 0.343. The van der Waals surface area contributed by atoms with E-state index in [0.29, 0.717) is 12.8 Å². The van der Waals surface area contributed by atoms with Crippen LogP contribution in [0.25, 0.3) is 0 Å². The van der Waals surface area contributed by atoms with Crippen LogP contribution in [0.4, 0.5) is 18.0 Å². The van der Waals surface area contributed by atoms with E-state index < -0.39 is 50.4 Å². The highest BCUT2D eigenvalue weighted by Gasteiger charge is 2.72. The Morgan fingerprint density at radius 1 is 1.36 bits per heavy atom. The Kier molecular flexibility index (Phi) is 4.27. The Morgan fingerprint density at radius 3 is 2.40 bits per heavy atom. The maximum absolute atomic E-state index is 13.2. The Balaban J connectivity index is 2.20. The first kappa shape index (κ1) is 18.7. The maximum atomic E-state index is 13.2. The summed E-state index contributed by atoms with van der Waals surface area (Å²) in [7, 11) is -4.83. The van der Waals surface area contributed by atoms with Crippen LogP contribution < -0.4 is 0 Å². The number of sulfonamides is 1. The minimum absolute atomic E-state index is 0.111. The van der Waals surface area contributed by atoms with Crippen molar-refractivity contribution in [2.24, 2.45) is 5.41 Å². The standard InChI is InChI=1S/C12H14BrF3N2O6S/c1-23-10(20)17-7-6(13)18(25(21,22)12(14,15)16)8(17)11(9(19)24-7)4-2-3-5-11/h6-8H,2-5H2,1H3/t6-,7+,8+/m0/s1. The maximum Gasteiger partial charge on any atom is 0.511 e. The number of ether oxygens (including phenoxy) is 2. The van der Waals surface area contributed by atoms with Crippen LogP contribution in [0.15, 0.2) is 0 Å². The van der Waals surface area contributed by atoms with Gasteiger partial charge < -0.3 is 9.47 Å². The number of esters is 1. The Hall–Kier alpha value is -1.08. The van der Waals surface area contributed by atoms with Gasteiger partial charge in [0.05, 0.1) is 7.11 Å². The van der Waals surface area contributed by atoms with Crippen LogP contribution in [0.2, 0.25) is 0 Å². The molecule has 13 heteroatoms. The van der Waals surface area contributed by atoms with E-state index in [1.807, 2.05) is 0 Å². The van der Waals surface area contributed by atoms with Gasteiger partial charge >= 0.3 is 27.6 Å². The average Bonchev–Trinajstić information content (AvgIpc) is 3.07. The van der Waals surface area contributed by atoms with E-state index in [4.69, 9.17) is 4.74 Å². The highest BCUT2D eigenvalue weighted by atomic mass is 79.9. The molecule has 8 nitrogen and oxygen atoms in total. The second-order valence-corrected chi connectivity index (χ2v) is 8.84. The summed E-state index contributed by atoms with van der Waals surface area (Å²) in [6.45, 7) is 0. The topological polar surface area (TPSA) is 93.2 Å². The molecule has 25 heavy (non-hydrogen) atoms. The van der Waals surface area contributed by atoms with Crippen molar-refractivity contribution in [1.29, 1.82) is 0 Å². The van der Waals surface area contributed by atoms with Gasteiger partial charge in [-0.25, -0.2) is 13.2 Å². The van der Waals surface area contributed by atoms with Crippen molar-refractivity contribution in [1.82, 2.24) is 9.21 Å². The third-order valence-electron chi connectivity index (χ3n) is 4.84. The van der Waals surface area contributed by atoms with Gasteiger partial charge in [0.1, 0.15) is 16.5 Å². The monoisotopic (exact) mass is 450 g/mol. The predicted octanol–water partition coefficient (Wildman–Crippen LogP) is 1.71. The minimum atomic E-state index is -5.84. The van der Waals surface area contributed by atoms with Gasteiger partial charge in [-0.2, -0.15) is 17.5 Å². The van der Waals surface area contributed by atoms with E-state index in [9.17, 15) is 31.2 Å². The third-order valence-corrected chi connectivity index (χ3v) is 7.57. The smallest absolute Gasteiger partial charge is 0.453 e. The first-order valence-electron chi connectivity index (χ1n) is 7.30. The molecular formula is C12H14BrF3N2O6S. The van der Waals surface area contributed by atoms with Gasteiger partial charge in [0.25, 0.3) is 0 Å². The Labute approximate surface area is 149 Å². The second kappa shape index (κ2) is 5.71. The van der Waals surface area contributed by atoms with Gasteiger partial charge in [0.2, 0.25) is 6.23 Å². The van der Waals surface area contributed by atoms with Crippen molar-refractivity contribution in [3.05, 3.63) is 0 Å². The van der Waals surface area contributed by atoms with Crippen LogP contribution >= 0.6 is 15.9 Å². The molecule has 0 aromatic heterocycles. The van der Waals surface area contributed by atoms with E-state index in [-0.39, 0.29) is 17.1 Å². The summed E-state index contributed by atoms with van der Waals surface area (Å²) in [5, 5.41) is 0. The summed E-state index contributed by atoms with van der Waals surface area (Å²) in [6.07, 6.45) is -3.06. The largest absolute Gasteiger partial charge is 0.511 e. The van der Waals surface area contributed by atoms with Gasteiger partial charge in [-0.15, -0.1) is 0 Å². The van der Waals surface area contributed by atoms with Crippen LogP contribution in [-0.2, 0) is 24.3 Å². The number of hydrogen-bond acceptors (Lipinski definition) is 6. The highest BCUT2D eigenvalue weighted by Crippen LogP contribution is 2.55. The molecule has 3 atom stereocenters. The fourth-order valence-electron chi connectivity index (χ4n) is 3.77. The molecular weight excluding hydrogens is 437 g/mol. The summed E-state index contributed by atoms with van der Waals surface area (Å²) in [5.74, 6) is -0.801. The molecule has 0 N–H and O–H groups in total. The van der Waals surface area contributed by atoms with Crippen LogP contribution in [0, 0.1) is 5.41 Å². The third kappa shape index (κ3) is 2.38. The number of alkyl halides is 4. The van der Waals surface area contributed by atoms with Crippen molar-refractivity contribution in [3.63, 3.8) is 0 Å². The van der Waals surface area contributed by atoms with Gasteiger partial charge in [0.15, 0.2) is 0 Å². The molecule has 3 aliphatic rings. The molecule has 3 fully saturated rings. The van der Waals surface area contributed by atoms with Crippen molar-refractivity contribution in [3.8, 4) is 0 Å². The summed E-state index contributed by atoms with van der Waals surface area (Å²) < 4.78 is 73.7. The number of nitrogens with zero attached hydrogens (tertiary/aromatic N) is 2. The fraction of sp³-hybridized carbons (Fsp3) is 0.833. The first-order chi connectivity index (χ1) is 11.5. The Morgan fingerprint density at radius 2 is 1.92 bits per heavy atom. The number of amides is 1. The molecule has 1 saturated carbocycles. The van der Waals surface area contributed by atoms with Crippen molar-refractivity contribution in [2.75, 3.05) is 7.11 Å². The summed E-state index contributed by atoms with van der Waals surface area (Å²) in [5.41, 5.74) is -7.15. The zero-order chi connectivity index (χ0) is 18.8. The lowest BCUT2D eigenvalue weighted by atomic mass is 9.81. The summed E-state index contributed by atoms with van der Waals surface area (Å²) in [4.78, 5) is 23.8. The molecule has 0 aromatic carbocycles. The molecule has 142 valence electrons. The van der Waals surface area contributed by atoms with E-state index >= 15 is 0 Å². The molecule has 3 rings (SSSR count). The molecule has 0 unspecified atom stereocenters. The molecule has 2 saturated heterocycles. The molecule has 0 aromatic rings. The SMILES string of the molecule is COC(=O)N1[C@@H]2OC(=O)C3(CCCC3)[C@H]1N(S(=O)(=O)C(F)(F)F)[C@@H]2Br. The number of rotatable bonds is 1. The van der Waals surface area contributed by atoms with Crippen LogP contribution in [0.3, 0.4) is 0 Å². The molecule has 1 spiro atoms. The van der Waals surface area contributed by atoms with E-state index in [1.165, 1.54) is 0 Å². The van der Waals surface area contributed by atoms with E-state index in [2.05, 4.69) is 20.7 Å². The zero-order valence-electron chi connectivity index (χ0n) is 12.8. The normalized spacial score (nSPS) is 32.1. The lowest BCUT2D eigenvalue weighted by Crippen LogP contribution is -2.62. The molecule has 0 radical (unpaired) electrons. The number of hydrogen-bond donors (Lipinski definition) is 0. The number of halogens is 4. The lowest BCUT2D eigenvalue weighted by Gasteiger charge is -2.44. The van der Waals surface area contributed by atoms with E-state index in [0.717, 1.165) is 12.0 Å². The number of methoxy groups -OCH3 is 1. The molecule has 1 aliphatic carbocycles. The lowest BCUT2D eigenvalue weighted by molar-refractivity contribution is -0.187. The van der Waals surface area contributed by atoms with Gasteiger partial charge in [-0.3, -0.25) is 9.69 Å². The van der Waals surface area contributed by atoms with E-state index in [1.54, 1.807) is 0 Å². The zero-order valence-corrected chi connectivity index (χ0v) is 15.2. The predicted molar refractivity (Wildman–Crippen MR) is 78.3 cm³/mol. The molecule has 2 aliphatic heterocycles. The highest BCUT2D eigenvalue weighted by molar-refractivity contribution is 9.09. The fourth-order valence-corrected chi connectivity index (χ4v) is 6.19. The average molecular weight is 451 g/mol. The number of fused-ring (bicyclic) bond motifs is 3. The number of carbonyl (C=O) groups excluding carboxylic acids is 2. The van der Waals surface area contributed by atoms with Crippen molar-refractivity contribution in [2.45, 2.75) is 48.5 Å². The van der Waals surface area contributed by atoms with Gasteiger partial charge in [-0.1, -0.05) is 28.8 Å².